The summed E-state index contributed by atoms with van der Waals surface area (Å²) in [6.07, 6.45) is 0.395. The van der Waals surface area contributed by atoms with E-state index in [4.69, 9.17) is 5.11 Å². The number of benzene rings is 2. The Morgan fingerprint density at radius 1 is 1.10 bits per heavy atom. The van der Waals surface area contributed by atoms with Gasteiger partial charge in [0, 0.05) is 6.54 Å². The van der Waals surface area contributed by atoms with Crippen LogP contribution in [0.15, 0.2) is 48.5 Å². The Morgan fingerprint density at radius 3 is 2.60 bits per heavy atom. The van der Waals surface area contributed by atoms with Crippen LogP contribution < -0.4 is 5.32 Å². The molecule has 0 saturated heterocycles. The molecule has 3 nitrogen and oxygen atoms in total. The summed E-state index contributed by atoms with van der Waals surface area (Å²) in [5.41, 5.74) is 4.03. The highest BCUT2D eigenvalue weighted by molar-refractivity contribution is 5.78. The Hall–Kier alpha value is -2.13. The van der Waals surface area contributed by atoms with Crippen LogP contribution >= 0.6 is 0 Å². The molecule has 0 aliphatic rings. The van der Waals surface area contributed by atoms with Crippen molar-refractivity contribution in [3.8, 4) is 0 Å². The number of rotatable bonds is 5. The first-order valence-corrected chi connectivity index (χ1v) is 6.69. The number of carbonyl (C=O) groups is 1. The summed E-state index contributed by atoms with van der Waals surface area (Å²) in [7, 11) is 0. The lowest BCUT2D eigenvalue weighted by Crippen LogP contribution is -2.24. The molecule has 0 bridgehead atoms. The van der Waals surface area contributed by atoms with Crippen molar-refractivity contribution in [1.82, 2.24) is 5.32 Å². The lowest BCUT2D eigenvalue weighted by molar-refractivity contribution is -0.120. The highest BCUT2D eigenvalue weighted by atomic mass is 16.3. The van der Waals surface area contributed by atoms with Gasteiger partial charge in [-0.05, 0) is 29.2 Å². The topological polar surface area (TPSA) is 49.3 Å². The van der Waals surface area contributed by atoms with Crippen LogP contribution in [0, 0.1) is 6.92 Å². The highest BCUT2D eigenvalue weighted by Crippen LogP contribution is 2.08. The predicted molar refractivity (Wildman–Crippen MR) is 79.1 cm³/mol. The molecular formula is C17H19NO2. The maximum atomic E-state index is 11.9. The van der Waals surface area contributed by atoms with Crippen molar-refractivity contribution < 1.29 is 9.90 Å². The first kappa shape index (κ1) is 14.3. The minimum absolute atomic E-state index is 0.00806. The third kappa shape index (κ3) is 3.93. The number of hydrogen-bond donors (Lipinski definition) is 2. The highest BCUT2D eigenvalue weighted by Gasteiger charge is 2.05. The minimum Gasteiger partial charge on any atom is -0.392 e. The fourth-order valence-electron chi connectivity index (χ4n) is 2.08. The number of aliphatic hydroxyl groups excluding tert-OH is 1. The molecule has 2 aromatic rings. The molecule has 2 N–H and O–H groups in total. The van der Waals surface area contributed by atoms with Gasteiger partial charge in [-0.3, -0.25) is 4.79 Å². The van der Waals surface area contributed by atoms with E-state index in [1.54, 1.807) is 0 Å². The van der Waals surface area contributed by atoms with Crippen LogP contribution in [-0.4, -0.2) is 11.0 Å². The van der Waals surface area contributed by atoms with E-state index in [2.05, 4.69) is 5.32 Å². The van der Waals surface area contributed by atoms with Gasteiger partial charge in [0.2, 0.25) is 5.91 Å². The van der Waals surface area contributed by atoms with Gasteiger partial charge in [0.15, 0.2) is 0 Å². The maximum Gasteiger partial charge on any atom is 0.224 e. The number of hydrogen-bond acceptors (Lipinski definition) is 2. The molecule has 0 aliphatic heterocycles. The van der Waals surface area contributed by atoms with Gasteiger partial charge in [0.25, 0.3) is 0 Å². The van der Waals surface area contributed by atoms with Crippen molar-refractivity contribution in [2.24, 2.45) is 0 Å². The second kappa shape index (κ2) is 6.87. The van der Waals surface area contributed by atoms with E-state index in [0.717, 1.165) is 22.3 Å². The second-order valence-corrected chi connectivity index (χ2v) is 4.86. The molecule has 2 aromatic carbocycles. The Bertz CT molecular complexity index is 593. The Kier molecular flexibility index (Phi) is 4.91. The quantitative estimate of drug-likeness (QED) is 0.875. The van der Waals surface area contributed by atoms with Gasteiger partial charge in [-0.2, -0.15) is 0 Å². The van der Waals surface area contributed by atoms with Gasteiger partial charge in [-0.15, -0.1) is 0 Å². The van der Waals surface area contributed by atoms with Gasteiger partial charge in [0.1, 0.15) is 0 Å². The van der Waals surface area contributed by atoms with Crippen LogP contribution in [-0.2, 0) is 24.4 Å². The van der Waals surface area contributed by atoms with E-state index in [-0.39, 0.29) is 12.5 Å². The smallest absolute Gasteiger partial charge is 0.224 e. The summed E-state index contributed by atoms with van der Waals surface area (Å²) in [6.45, 7) is 2.51. The molecule has 0 spiro atoms. The van der Waals surface area contributed by atoms with Crippen molar-refractivity contribution in [2.75, 3.05) is 0 Å². The van der Waals surface area contributed by atoms with Crippen LogP contribution in [0.3, 0.4) is 0 Å². The molecule has 0 saturated carbocycles. The number of nitrogens with one attached hydrogen (secondary N) is 1. The zero-order valence-corrected chi connectivity index (χ0v) is 11.6. The predicted octanol–water partition coefficient (Wildman–Crippen LogP) is 2.35. The van der Waals surface area contributed by atoms with Crippen molar-refractivity contribution in [2.45, 2.75) is 26.5 Å². The largest absolute Gasteiger partial charge is 0.392 e. The van der Waals surface area contributed by atoms with Gasteiger partial charge in [-0.25, -0.2) is 0 Å². The van der Waals surface area contributed by atoms with Crippen LogP contribution in [0.25, 0.3) is 0 Å². The standard InChI is InChI=1S/C17H19NO2/c1-13-5-2-3-8-16(13)10-17(20)18-11-14-6-4-7-15(9-14)12-19/h2-9,19H,10-12H2,1H3,(H,18,20). The first-order valence-electron chi connectivity index (χ1n) is 6.69. The molecule has 0 heterocycles. The summed E-state index contributed by atoms with van der Waals surface area (Å²) in [4.78, 5) is 11.9. The second-order valence-electron chi connectivity index (χ2n) is 4.86. The third-order valence-electron chi connectivity index (χ3n) is 3.28. The van der Waals surface area contributed by atoms with Crippen LogP contribution in [0.2, 0.25) is 0 Å². The van der Waals surface area contributed by atoms with Gasteiger partial charge in [0.05, 0.1) is 13.0 Å². The summed E-state index contributed by atoms with van der Waals surface area (Å²) in [6, 6.07) is 15.5. The monoisotopic (exact) mass is 269 g/mol. The molecule has 0 unspecified atom stereocenters. The lowest BCUT2D eigenvalue weighted by atomic mass is 10.1. The molecule has 104 valence electrons. The number of aryl methyl sites for hydroxylation is 1. The molecule has 0 aliphatic carbocycles. The fourth-order valence-corrected chi connectivity index (χ4v) is 2.08. The first-order chi connectivity index (χ1) is 9.69. The number of aliphatic hydroxyl groups is 1. The van der Waals surface area contributed by atoms with E-state index >= 15 is 0 Å². The molecule has 0 aromatic heterocycles. The van der Waals surface area contributed by atoms with E-state index in [1.807, 2.05) is 55.5 Å². The Balaban J connectivity index is 1.90. The van der Waals surface area contributed by atoms with Crippen LogP contribution in [0.1, 0.15) is 22.3 Å². The Morgan fingerprint density at radius 2 is 1.85 bits per heavy atom. The van der Waals surface area contributed by atoms with Gasteiger partial charge >= 0.3 is 0 Å². The van der Waals surface area contributed by atoms with Crippen molar-refractivity contribution in [1.29, 1.82) is 0 Å². The molecular weight excluding hydrogens is 250 g/mol. The van der Waals surface area contributed by atoms with Crippen LogP contribution in [0.5, 0.6) is 0 Å². The summed E-state index contributed by atoms with van der Waals surface area (Å²) >= 11 is 0. The molecule has 20 heavy (non-hydrogen) atoms. The molecule has 2 rings (SSSR count). The summed E-state index contributed by atoms with van der Waals surface area (Å²) in [5, 5.41) is 12.0. The molecule has 0 fully saturated rings. The fraction of sp³-hybridized carbons (Fsp3) is 0.235. The normalized spacial score (nSPS) is 10.3. The number of amides is 1. The Labute approximate surface area is 119 Å². The number of carbonyl (C=O) groups excluding carboxylic acids is 1. The lowest BCUT2D eigenvalue weighted by Gasteiger charge is -2.08. The molecule has 0 atom stereocenters. The van der Waals surface area contributed by atoms with E-state index < -0.39 is 0 Å². The van der Waals surface area contributed by atoms with Crippen LogP contribution in [0.4, 0.5) is 0 Å². The minimum atomic E-state index is 0.00806. The van der Waals surface area contributed by atoms with Crippen molar-refractivity contribution in [3.05, 3.63) is 70.8 Å². The van der Waals surface area contributed by atoms with Crippen molar-refractivity contribution >= 4 is 5.91 Å². The van der Waals surface area contributed by atoms with E-state index in [1.165, 1.54) is 0 Å². The van der Waals surface area contributed by atoms with Crippen molar-refractivity contribution in [3.63, 3.8) is 0 Å². The molecule has 3 heteroatoms. The summed E-state index contributed by atoms with van der Waals surface area (Å²) in [5.74, 6) is 0.00806. The third-order valence-corrected chi connectivity index (χ3v) is 3.28. The zero-order chi connectivity index (χ0) is 14.4. The molecule has 1 amide bonds. The van der Waals surface area contributed by atoms with Gasteiger partial charge in [-0.1, -0.05) is 48.5 Å². The van der Waals surface area contributed by atoms with E-state index in [9.17, 15) is 4.79 Å². The average Bonchev–Trinajstić information content (AvgIpc) is 2.48. The van der Waals surface area contributed by atoms with Gasteiger partial charge < -0.3 is 10.4 Å². The molecule has 0 radical (unpaired) electrons. The zero-order valence-electron chi connectivity index (χ0n) is 11.6. The average molecular weight is 269 g/mol. The SMILES string of the molecule is Cc1ccccc1CC(=O)NCc1cccc(CO)c1. The maximum absolute atomic E-state index is 11.9. The summed E-state index contributed by atoms with van der Waals surface area (Å²) < 4.78 is 0. The van der Waals surface area contributed by atoms with E-state index in [0.29, 0.717) is 13.0 Å².